The summed E-state index contributed by atoms with van der Waals surface area (Å²) in [6.07, 6.45) is -4.79. The van der Waals surface area contributed by atoms with Crippen molar-refractivity contribution in [3.8, 4) is 11.3 Å². The van der Waals surface area contributed by atoms with Gasteiger partial charge in [-0.25, -0.2) is 4.57 Å². The highest BCUT2D eigenvalue weighted by Crippen LogP contribution is 2.29. The Morgan fingerprint density at radius 3 is 2.21 bits per heavy atom. The van der Waals surface area contributed by atoms with E-state index in [1.807, 2.05) is 6.92 Å². The highest BCUT2D eigenvalue weighted by Gasteiger charge is 2.34. The maximum Gasteiger partial charge on any atom is 0.491 e. The van der Waals surface area contributed by atoms with E-state index in [-0.39, 0.29) is 21.5 Å². The number of hydrogen-bond acceptors (Lipinski definition) is 2. The third kappa shape index (κ3) is 2.62. The van der Waals surface area contributed by atoms with Crippen LogP contribution in [0, 0.1) is 6.92 Å². The van der Waals surface area contributed by atoms with Gasteiger partial charge in [0.05, 0.1) is 5.69 Å². The van der Waals surface area contributed by atoms with E-state index in [1.54, 1.807) is 12.1 Å². The molecule has 19 heavy (non-hydrogen) atoms. The number of aromatic nitrogens is 1. The molecule has 1 aromatic carbocycles. The number of rotatable bonds is 1. The SMILES string of the molecule is Cc1ccc(-c2cc(N)cc(=O)n2C(F)(F)F)cc1. The molecule has 1 heterocycles. The van der Waals surface area contributed by atoms with Crippen LogP contribution in [0.15, 0.2) is 41.2 Å². The summed E-state index contributed by atoms with van der Waals surface area (Å²) < 4.78 is 38.6. The van der Waals surface area contributed by atoms with Crippen LogP contribution in [0.25, 0.3) is 11.3 Å². The van der Waals surface area contributed by atoms with E-state index < -0.39 is 11.9 Å². The summed E-state index contributed by atoms with van der Waals surface area (Å²) in [5.41, 5.74) is 5.20. The second-order valence-corrected chi connectivity index (χ2v) is 4.18. The lowest BCUT2D eigenvalue weighted by Gasteiger charge is -2.16. The van der Waals surface area contributed by atoms with Gasteiger partial charge in [-0.2, -0.15) is 0 Å². The van der Waals surface area contributed by atoms with Crippen LogP contribution >= 0.6 is 0 Å². The lowest BCUT2D eigenvalue weighted by molar-refractivity contribution is -0.204. The second kappa shape index (κ2) is 4.46. The molecule has 3 nitrogen and oxygen atoms in total. The van der Waals surface area contributed by atoms with Crippen molar-refractivity contribution in [1.82, 2.24) is 4.57 Å². The molecule has 2 N–H and O–H groups in total. The van der Waals surface area contributed by atoms with Crippen molar-refractivity contribution < 1.29 is 13.2 Å². The lowest BCUT2D eigenvalue weighted by Crippen LogP contribution is -2.31. The van der Waals surface area contributed by atoms with Crippen LogP contribution in [-0.2, 0) is 6.30 Å². The van der Waals surface area contributed by atoms with Gasteiger partial charge in [-0.3, -0.25) is 4.79 Å². The molecular weight excluding hydrogens is 257 g/mol. The lowest BCUT2D eigenvalue weighted by atomic mass is 10.1. The molecule has 0 radical (unpaired) electrons. The van der Waals surface area contributed by atoms with E-state index in [2.05, 4.69) is 0 Å². The van der Waals surface area contributed by atoms with Crippen molar-refractivity contribution in [2.24, 2.45) is 0 Å². The molecule has 0 aliphatic heterocycles. The summed E-state index contributed by atoms with van der Waals surface area (Å²) in [7, 11) is 0. The fourth-order valence-electron chi connectivity index (χ4n) is 1.79. The molecule has 1 aromatic heterocycles. The highest BCUT2D eigenvalue weighted by atomic mass is 19.4. The van der Waals surface area contributed by atoms with Gasteiger partial charge in [-0.15, -0.1) is 13.2 Å². The quantitative estimate of drug-likeness (QED) is 0.864. The Balaban J connectivity index is 2.75. The largest absolute Gasteiger partial charge is 0.491 e. The third-order valence-electron chi connectivity index (χ3n) is 2.66. The number of benzene rings is 1. The Kier molecular flexibility index (Phi) is 3.09. The van der Waals surface area contributed by atoms with E-state index >= 15 is 0 Å². The number of anilines is 1. The van der Waals surface area contributed by atoms with E-state index in [9.17, 15) is 18.0 Å². The van der Waals surface area contributed by atoms with Crippen molar-refractivity contribution in [1.29, 1.82) is 0 Å². The molecule has 0 amide bonds. The zero-order valence-electron chi connectivity index (χ0n) is 10.0. The molecule has 100 valence electrons. The molecule has 2 rings (SSSR count). The van der Waals surface area contributed by atoms with Gasteiger partial charge in [-0.05, 0) is 18.6 Å². The van der Waals surface area contributed by atoms with Crippen LogP contribution in [0.1, 0.15) is 5.56 Å². The van der Waals surface area contributed by atoms with Gasteiger partial charge >= 0.3 is 6.30 Å². The van der Waals surface area contributed by atoms with Gasteiger partial charge in [0.25, 0.3) is 5.56 Å². The van der Waals surface area contributed by atoms with Crippen LogP contribution in [-0.4, -0.2) is 4.57 Å². The Morgan fingerprint density at radius 1 is 1.11 bits per heavy atom. The Bertz CT molecular complexity index is 657. The summed E-state index contributed by atoms with van der Waals surface area (Å²) >= 11 is 0. The number of nitrogen functional groups attached to an aromatic ring is 1. The molecule has 0 aliphatic carbocycles. The maximum atomic E-state index is 12.9. The first-order valence-corrected chi connectivity index (χ1v) is 5.46. The van der Waals surface area contributed by atoms with Crippen LogP contribution in [0.4, 0.5) is 18.9 Å². The van der Waals surface area contributed by atoms with Crippen LogP contribution in [0.5, 0.6) is 0 Å². The van der Waals surface area contributed by atoms with Crippen LogP contribution in [0.3, 0.4) is 0 Å². The predicted molar refractivity (Wildman–Crippen MR) is 66.6 cm³/mol. The van der Waals surface area contributed by atoms with E-state index in [4.69, 9.17) is 5.73 Å². The number of hydrogen-bond donors (Lipinski definition) is 1. The van der Waals surface area contributed by atoms with Crippen molar-refractivity contribution in [2.45, 2.75) is 13.2 Å². The minimum absolute atomic E-state index is 0.000995. The molecule has 0 bridgehead atoms. The monoisotopic (exact) mass is 268 g/mol. The van der Waals surface area contributed by atoms with Crippen molar-refractivity contribution in [3.63, 3.8) is 0 Å². The normalized spacial score (nSPS) is 11.6. The first kappa shape index (κ1) is 13.2. The molecule has 0 aliphatic rings. The smallest absolute Gasteiger partial charge is 0.399 e. The van der Waals surface area contributed by atoms with Gasteiger partial charge < -0.3 is 5.73 Å². The molecule has 6 heteroatoms. The highest BCUT2D eigenvalue weighted by molar-refractivity contribution is 5.64. The van der Waals surface area contributed by atoms with Gasteiger partial charge in [0.2, 0.25) is 0 Å². The van der Waals surface area contributed by atoms with Crippen molar-refractivity contribution in [2.75, 3.05) is 5.73 Å². The summed E-state index contributed by atoms with van der Waals surface area (Å²) in [6.45, 7) is 1.82. The topological polar surface area (TPSA) is 48.0 Å². The third-order valence-corrected chi connectivity index (χ3v) is 2.66. The molecule has 0 unspecified atom stereocenters. The Hall–Kier alpha value is -2.24. The van der Waals surface area contributed by atoms with Gasteiger partial charge in [0.15, 0.2) is 0 Å². The first-order chi connectivity index (χ1) is 8.79. The predicted octanol–water partition coefficient (Wildman–Crippen LogP) is 2.88. The molecular formula is C13H11F3N2O. The van der Waals surface area contributed by atoms with Crippen LogP contribution < -0.4 is 11.3 Å². The zero-order chi connectivity index (χ0) is 14.2. The van der Waals surface area contributed by atoms with Gasteiger partial charge in [-0.1, -0.05) is 29.8 Å². The fraction of sp³-hybridized carbons (Fsp3) is 0.154. The molecule has 0 spiro atoms. The number of pyridine rings is 1. The van der Waals surface area contributed by atoms with Crippen molar-refractivity contribution in [3.05, 3.63) is 52.3 Å². The standard InChI is InChI=1S/C13H11F3N2O/c1-8-2-4-9(5-3-8)11-6-10(17)7-12(19)18(11)13(14,15)16/h2-7H,17H2,1H3. The molecule has 2 aromatic rings. The Labute approximate surface area is 107 Å². The number of aryl methyl sites for hydroxylation is 1. The molecule has 0 atom stereocenters. The van der Waals surface area contributed by atoms with Gasteiger partial charge in [0, 0.05) is 11.8 Å². The molecule has 0 fully saturated rings. The summed E-state index contributed by atoms with van der Waals surface area (Å²) in [5.74, 6) is 0. The Morgan fingerprint density at radius 2 is 1.68 bits per heavy atom. The average molecular weight is 268 g/mol. The van der Waals surface area contributed by atoms with Crippen LogP contribution in [0.2, 0.25) is 0 Å². The maximum absolute atomic E-state index is 12.9. The first-order valence-electron chi connectivity index (χ1n) is 5.46. The van der Waals surface area contributed by atoms with E-state index in [0.717, 1.165) is 17.7 Å². The second-order valence-electron chi connectivity index (χ2n) is 4.18. The summed E-state index contributed by atoms with van der Waals surface area (Å²) in [4.78, 5) is 11.5. The fourth-order valence-corrected chi connectivity index (χ4v) is 1.79. The van der Waals surface area contributed by atoms with E-state index in [0.29, 0.717) is 0 Å². The number of nitrogens with zero attached hydrogens (tertiary/aromatic N) is 1. The van der Waals surface area contributed by atoms with Gasteiger partial charge in [0.1, 0.15) is 0 Å². The zero-order valence-corrected chi connectivity index (χ0v) is 10.0. The number of halogens is 3. The molecule has 0 saturated carbocycles. The minimum atomic E-state index is -4.79. The number of alkyl halides is 3. The molecule has 0 saturated heterocycles. The van der Waals surface area contributed by atoms with E-state index in [1.165, 1.54) is 12.1 Å². The van der Waals surface area contributed by atoms with Crippen molar-refractivity contribution >= 4 is 5.69 Å². The number of nitrogens with two attached hydrogens (primary N) is 1. The summed E-state index contributed by atoms with van der Waals surface area (Å²) in [6, 6.07) is 8.27. The average Bonchev–Trinajstić information content (AvgIpc) is 2.26. The summed E-state index contributed by atoms with van der Waals surface area (Å²) in [5, 5.41) is 0. The minimum Gasteiger partial charge on any atom is -0.399 e.